The van der Waals surface area contributed by atoms with Gasteiger partial charge >= 0.3 is 0 Å². The van der Waals surface area contributed by atoms with Crippen molar-refractivity contribution in [1.29, 1.82) is 0 Å². The molecule has 0 aliphatic carbocycles. The van der Waals surface area contributed by atoms with Crippen molar-refractivity contribution in [2.75, 3.05) is 18.0 Å². The largest absolute Gasteiger partial charge is 0.513 e. The Morgan fingerprint density at radius 2 is 2.24 bits per heavy atom. The van der Waals surface area contributed by atoms with Gasteiger partial charge < -0.3 is 10.0 Å². The van der Waals surface area contributed by atoms with Crippen molar-refractivity contribution < 1.29 is 5.11 Å². The number of benzene rings is 1. The quantitative estimate of drug-likeness (QED) is 0.802. The van der Waals surface area contributed by atoms with E-state index in [0.717, 1.165) is 19.5 Å². The molecule has 1 aromatic carbocycles. The average Bonchev–Trinajstić information content (AvgIpc) is 2.78. The summed E-state index contributed by atoms with van der Waals surface area (Å²) in [5, 5.41) is 9.44. The van der Waals surface area contributed by atoms with E-state index in [2.05, 4.69) is 49.6 Å². The van der Waals surface area contributed by atoms with Gasteiger partial charge in [0, 0.05) is 24.7 Å². The van der Waals surface area contributed by atoms with Crippen molar-refractivity contribution >= 4 is 5.69 Å². The maximum atomic E-state index is 9.44. The van der Waals surface area contributed by atoms with Crippen molar-refractivity contribution in [2.45, 2.75) is 26.2 Å². The van der Waals surface area contributed by atoms with Crippen molar-refractivity contribution in [3.63, 3.8) is 0 Å². The van der Waals surface area contributed by atoms with Gasteiger partial charge in [-0.2, -0.15) is 0 Å². The highest BCUT2D eigenvalue weighted by Crippen LogP contribution is 2.28. The molecule has 2 rings (SSSR count). The molecular weight excluding hydrogens is 210 g/mol. The van der Waals surface area contributed by atoms with Crippen molar-refractivity contribution in [3.05, 3.63) is 42.2 Å². The Morgan fingerprint density at radius 3 is 2.82 bits per heavy atom. The number of hydrogen-bond donors (Lipinski definition) is 1. The molecule has 92 valence electrons. The number of nitrogens with zero attached hydrogens (tertiary/aromatic N) is 1. The smallest absolute Gasteiger partial charge is 0.0900 e. The van der Waals surface area contributed by atoms with E-state index < -0.39 is 0 Å². The van der Waals surface area contributed by atoms with Crippen LogP contribution in [-0.2, 0) is 0 Å². The molecule has 2 heteroatoms. The minimum absolute atomic E-state index is 0.234. The van der Waals surface area contributed by atoms with E-state index in [0.29, 0.717) is 11.7 Å². The Bertz CT molecular complexity index is 411. The second kappa shape index (κ2) is 4.82. The molecule has 0 aromatic heterocycles. The standard InChI is InChI=1S/C15H21NO/c1-11(2)13-5-4-6-15(9-13)16-8-7-14(10-16)12(3)17/h4-6,9,11,14,17H,3,7-8,10H2,1-2H3. The van der Waals surface area contributed by atoms with Gasteiger partial charge in [-0.15, -0.1) is 0 Å². The third kappa shape index (κ3) is 2.63. The van der Waals surface area contributed by atoms with Gasteiger partial charge in [-0.05, 0) is 30.0 Å². The third-order valence-corrected chi connectivity index (χ3v) is 3.56. The molecule has 0 amide bonds. The van der Waals surface area contributed by atoms with Crippen LogP contribution in [0.25, 0.3) is 0 Å². The zero-order valence-electron chi connectivity index (χ0n) is 10.7. The predicted octanol–water partition coefficient (Wildman–Crippen LogP) is 3.71. The van der Waals surface area contributed by atoms with E-state index in [4.69, 9.17) is 0 Å². The molecular formula is C15H21NO. The normalized spacial score (nSPS) is 19.9. The van der Waals surface area contributed by atoms with Crippen molar-refractivity contribution in [2.24, 2.45) is 5.92 Å². The molecule has 0 bridgehead atoms. The zero-order valence-corrected chi connectivity index (χ0v) is 10.7. The van der Waals surface area contributed by atoms with E-state index in [1.54, 1.807) is 0 Å². The molecule has 1 saturated heterocycles. The lowest BCUT2D eigenvalue weighted by atomic mass is 10.0. The van der Waals surface area contributed by atoms with Gasteiger partial charge in [0.1, 0.15) is 0 Å². The van der Waals surface area contributed by atoms with E-state index in [1.165, 1.54) is 11.3 Å². The summed E-state index contributed by atoms with van der Waals surface area (Å²) in [5.74, 6) is 1.12. The van der Waals surface area contributed by atoms with Crippen LogP contribution in [-0.4, -0.2) is 18.2 Å². The van der Waals surface area contributed by atoms with E-state index in [-0.39, 0.29) is 5.92 Å². The Kier molecular flexibility index (Phi) is 3.41. The number of anilines is 1. The Hall–Kier alpha value is -1.44. The summed E-state index contributed by atoms with van der Waals surface area (Å²) in [5.41, 5.74) is 2.63. The highest BCUT2D eigenvalue weighted by molar-refractivity contribution is 5.50. The lowest BCUT2D eigenvalue weighted by Crippen LogP contribution is -2.20. The van der Waals surface area contributed by atoms with Crippen LogP contribution < -0.4 is 4.90 Å². The first kappa shape index (κ1) is 12.0. The van der Waals surface area contributed by atoms with Crippen molar-refractivity contribution in [1.82, 2.24) is 0 Å². The maximum absolute atomic E-state index is 9.44. The molecule has 17 heavy (non-hydrogen) atoms. The highest BCUT2D eigenvalue weighted by Gasteiger charge is 2.24. The summed E-state index contributed by atoms with van der Waals surface area (Å²) >= 11 is 0. The molecule has 1 N–H and O–H groups in total. The topological polar surface area (TPSA) is 23.5 Å². The van der Waals surface area contributed by atoms with Crippen LogP contribution in [0.2, 0.25) is 0 Å². The highest BCUT2D eigenvalue weighted by atomic mass is 16.3. The van der Waals surface area contributed by atoms with Crippen LogP contribution in [0.15, 0.2) is 36.6 Å². The Morgan fingerprint density at radius 1 is 1.47 bits per heavy atom. The minimum Gasteiger partial charge on any atom is -0.513 e. The molecule has 1 unspecified atom stereocenters. The van der Waals surface area contributed by atoms with Gasteiger partial charge in [-0.25, -0.2) is 0 Å². The summed E-state index contributed by atoms with van der Waals surface area (Å²) < 4.78 is 0. The lowest BCUT2D eigenvalue weighted by molar-refractivity contribution is 0.344. The molecule has 1 aliphatic rings. The molecule has 1 atom stereocenters. The number of aliphatic hydroxyl groups excluding tert-OH is 1. The van der Waals surface area contributed by atoms with Gasteiger partial charge in [0.05, 0.1) is 5.76 Å². The molecule has 1 fully saturated rings. The summed E-state index contributed by atoms with van der Waals surface area (Å²) in [6.07, 6.45) is 1.00. The van der Waals surface area contributed by atoms with Crippen LogP contribution in [0.3, 0.4) is 0 Å². The first-order valence-corrected chi connectivity index (χ1v) is 6.30. The fourth-order valence-corrected chi connectivity index (χ4v) is 2.35. The molecule has 0 radical (unpaired) electrons. The van der Waals surface area contributed by atoms with Gasteiger partial charge in [0.2, 0.25) is 0 Å². The number of rotatable bonds is 3. The second-order valence-corrected chi connectivity index (χ2v) is 5.17. The monoisotopic (exact) mass is 231 g/mol. The van der Waals surface area contributed by atoms with Gasteiger partial charge in [0.15, 0.2) is 0 Å². The van der Waals surface area contributed by atoms with E-state index in [1.807, 2.05) is 0 Å². The second-order valence-electron chi connectivity index (χ2n) is 5.17. The maximum Gasteiger partial charge on any atom is 0.0900 e. The number of hydrogen-bond acceptors (Lipinski definition) is 2. The first-order chi connectivity index (χ1) is 8.08. The Balaban J connectivity index is 2.13. The molecule has 0 saturated carbocycles. The van der Waals surface area contributed by atoms with Crippen LogP contribution in [0.1, 0.15) is 31.7 Å². The van der Waals surface area contributed by atoms with Crippen LogP contribution in [0, 0.1) is 5.92 Å². The van der Waals surface area contributed by atoms with Gasteiger partial charge in [0.25, 0.3) is 0 Å². The fraction of sp³-hybridized carbons (Fsp3) is 0.467. The molecule has 0 spiro atoms. The minimum atomic E-state index is 0.234. The van der Waals surface area contributed by atoms with E-state index >= 15 is 0 Å². The lowest BCUT2D eigenvalue weighted by Gasteiger charge is -2.20. The molecule has 1 heterocycles. The fourth-order valence-electron chi connectivity index (χ4n) is 2.35. The number of aliphatic hydroxyl groups is 1. The average molecular weight is 231 g/mol. The molecule has 2 nitrogen and oxygen atoms in total. The predicted molar refractivity (Wildman–Crippen MR) is 72.6 cm³/mol. The third-order valence-electron chi connectivity index (χ3n) is 3.56. The summed E-state index contributed by atoms with van der Waals surface area (Å²) in [6.45, 7) is 9.95. The van der Waals surface area contributed by atoms with Gasteiger partial charge in [-0.3, -0.25) is 0 Å². The van der Waals surface area contributed by atoms with Crippen LogP contribution in [0.4, 0.5) is 5.69 Å². The SMILES string of the molecule is C=C(O)C1CCN(c2cccc(C(C)C)c2)C1. The van der Waals surface area contributed by atoms with Crippen LogP contribution >= 0.6 is 0 Å². The van der Waals surface area contributed by atoms with Crippen LogP contribution in [0.5, 0.6) is 0 Å². The van der Waals surface area contributed by atoms with Gasteiger partial charge in [-0.1, -0.05) is 32.6 Å². The Labute approximate surface area is 104 Å². The molecule has 1 aromatic rings. The zero-order chi connectivity index (χ0) is 12.4. The van der Waals surface area contributed by atoms with Crippen molar-refractivity contribution in [3.8, 4) is 0 Å². The summed E-state index contributed by atoms with van der Waals surface area (Å²) in [7, 11) is 0. The first-order valence-electron chi connectivity index (χ1n) is 6.30. The molecule has 1 aliphatic heterocycles. The summed E-state index contributed by atoms with van der Waals surface area (Å²) in [4.78, 5) is 2.33. The summed E-state index contributed by atoms with van der Waals surface area (Å²) in [6, 6.07) is 8.69. The van der Waals surface area contributed by atoms with E-state index in [9.17, 15) is 5.11 Å².